The van der Waals surface area contributed by atoms with Crippen LogP contribution in [0.2, 0.25) is 0 Å². The largest absolute Gasteiger partial charge is 0.469 e. The van der Waals surface area contributed by atoms with Crippen LogP contribution < -0.4 is 0 Å². The van der Waals surface area contributed by atoms with Gasteiger partial charge in [0, 0.05) is 18.0 Å². The monoisotopic (exact) mass is 284 g/mol. The van der Waals surface area contributed by atoms with Gasteiger partial charge in [-0.2, -0.15) is 5.01 Å². The molecule has 110 valence electrons. The quantitative estimate of drug-likeness (QED) is 0.549. The molecule has 3 atom stereocenters. The Labute approximate surface area is 115 Å². The molecule has 0 saturated heterocycles. The van der Waals surface area contributed by atoms with E-state index in [1.165, 1.54) is 32.5 Å². The van der Waals surface area contributed by atoms with Gasteiger partial charge in [0.05, 0.1) is 33.8 Å². The van der Waals surface area contributed by atoms with Crippen LogP contribution in [-0.4, -0.2) is 55.5 Å². The molecule has 8 nitrogen and oxygen atoms in total. The van der Waals surface area contributed by atoms with E-state index in [4.69, 9.17) is 0 Å². The maximum absolute atomic E-state index is 11.8. The second-order valence-corrected chi connectivity index (χ2v) is 4.48. The van der Waals surface area contributed by atoms with Crippen molar-refractivity contribution in [2.45, 2.75) is 12.5 Å². The van der Waals surface area contributed by atoms with Crippen LogP contribution in [0.25, 0.3) is 0 Å². The average molecular weight is 284 g/mol. The lowest BCUT2D eigenvalue weighted by molar-refractivity contribution is -0.141. The van der Waals surface area contributed by atoms with Gasteiger partial charge in [0.15, 0.2) is 0 Å². The van der Waals surface area contributed by atoms with Gasteiger partial charge < -0.3 is 14.2 Å². The highest BCUT2D eigenvalue weighted by Gasteiger charge is 2.59. The fourth-order valence-electron chi connectivity index (χ4n) is 2.46. The summed E-state index contributed by atoms with van der Waals surface area (Å²) in [4.78, 5) is 34.8. The second kappa shape index (κ2) is 5.40. The van der Waals surface area contributed by atoms with Gasteiger partial charge in [0.1, 0.15) is 0 Å². The van der Waals surface area contributed by atoms with Crippen molar-refractivity contribution >= 4 is 18.2 Å². The standard InChI is InChI=1S/C12H16N2O6/c1-18-9(15)6-8-7-4-5-13(11(16)19-2)14(10(7)8)12(17)20-3/h4-5,7-8,10H,6H2,1-3H3/t7-,8-,10+/m1/s1. The fraction of sp³-hybridized carbons (Fsp3) is 0.583. The third kappa shape index (κ3) is 2.28. The van der Waals surface area contributed by atoms with E-state index in [1.54, 1.807) is 6.08 Å². The van der Waals surface area contributed by atoms with Gasteiger partial charge in [-0.1, -0.05) is 6.08 Å². The Kier molecular flexibility index (Phi) is 3.82. The zero-order valence-corrected chi connectivity index (χ0v) is 11.4. The van der Waals surface area contributed by atoms with Crippen molar-refractivity contribution in [3.63, 3.8) is 0 Å². The van der Waals surface area contributed by atoms with Crippen molar-refractivity contribution in [3.05, 3.63) is 12.3 Å². The third-order valence-corrected chi connectivity index (χ3v) is 3.50. The van der Waals surface area contributed by atoms with Gasteiger partial charge >= 0.3 is 18.2 Å². The molecule has 0 aromatic rings. The topological polar surface area (TPSA) is 85.4 Å². The second-order valence-electron chi connectivity index (χ2n) is 4.48. The molecule has 2 aliphatic rings. The van der Waals surface area contributed by atoms with Crippen LogP contribution in [0.5, 0.6) is 0 Å². The SMILES string of the molecule is COC(=O)C[C@@H]1[C@H]2C=CN(C(=O)OC)N(C(=O)OC)[C@@H]21. The summed E-state index contributed by atoms with van der Waals surface area (Å²) in [5, 5.41) is 2.22. The number of rotatable bonds is 2. The fourth-order valence-corrected chi connectivity index (χ4v) is 2.46. The van der Waals surface area contributed by atoms with E-state index in [1.807, 2.05) is 0 Å². The molecule has 2 amide bonds. The highest BCUT2D eigenvalue weighted by atomic mass is 16.6. The number of esters is 1. The van der Waals surface area contributed by atoms with Gasteiger partial charge in [0.2, 0.25) is 0 Å². The maximum Gasteiger partial charge on any atom is 0.432 e. The summed E-state index contributed by atoms with van der Waals surface area (Å²) < 4.78 is 13.9. The van der Waals surface area contributed by atoms with E-state index in [9.17, 15) is 14.4 Å². The summed E-state index contributed by atoms with van der Waals surface area (Å²) in [6.45, 7) is 0. The molecule has 1 heterocycles. The van der Waals surface area contributed by atoms with Gasteiger partial charge in [-0.05, 0) is 0 Å². The molecule has 0 aromatic heterocycles. The molecule has 20 heavy (non-hydrogen) atoms. The minimum Gasteiger partial charge on any atom is -0.469 e. The van der Waals surface area contributed by atoms with Crippen molar-refractivity contribution in [1.29, 1.82) is 0 Å². The molecule has 0 bridgehead atoms. The first kappa shape index (κ1) is 14.2. The lowest BCUT2D eigenvalue weighted by Gasteiger charge is -2.32. The number of carbonyl (C=O) groups excluding carboxylic acids is 3. The van der Waals surface area contributed by atoms with E-state index >= 15 is 0 Å². The molecule has 1 aliphatic heterocycles. The number of amides is 2. The molecule has 0 unspecified atom stereocenters. The number of hydrogen-bond acceptors (Lipinski definition) is 6. The summed E-state index contributed by atoms with van der Waals surface area (Å²) in [6, 6.07) is -0.300. The molecule has 1 fully saturated rings. The molecule has 8 heteroatoms. The third-order valence-electron chi connectivity index (χ3n) is 3.50. The Morgan fingerprint density at radius 3 is 2.25 bits per heavy atom. The number of carbonyl (C=O) groups is 3. The molecule has 1 saturated carbocycles. The minimum absolute atomic E-state index is 0.00843. The number of hydrogen-bond donors (Lipinski definition) is 0. The van der Waals surface area contributed by atoms with E-state index in [0.717, 1.165) is 5.01 Å². The zero-order chi connectivity index (χ0) is 14.9. The Bertz CT molecular complexity index is 463. The molecule has 0 aromatic carbocycles. The highest BCUT2D eigenvalue weighted by Crippen LogP contribution is 2.50. The first-order valence-electron chi connectivity index (χ1n) is 6.04. The Morgan fingerprint density at radius 2 is 1.70 bits per heavy atom. The predicted molar refractivity (Wildman–Crippen MR) is 65.0 cm³/mol. The van der Waals surface area contributed by atoms with Crippen LogP contribution in [0.3, 0.4) is 0 Å². The van der Waals surface area contributed by atoms with Gasteiger partial charge in [0.25, 0.3) is 0 Å². The van der Waals surface area contributed by atoms with Gasteiger partial charge in [-0.3, -0.25) is 4.79 Å². The summed E-state index contributed by atoms with van der Waals surface area (Å²) in [5.74, 6) is -0.436. The molecule has 0 radical (unpaired) electrons. The summed E-state index contributed by atoms with van der Waals surface area (Å²) in [5.41, 5.74) is 0. The smallest absolute Gasteiger partial charge is 0.432 e. The van der Waals surface area contributed by atoms with Gasteiger partial charge in [-0.25, -0.2) is 14.6 Å². The molecular formula is C12H16N2O6. The molecule has 1 aliphatic carbocycles. The van der Waals surface area contributed by atoms with E-state index in [-0.39, 0.29) is 30.3 Å². The van der Waals surface area contributed by atoms with E-state index in [2.05, 4.69) is 14.2 Å². The molecule has 2 rings (SSSR count). The highest BCUT2D eigenvalue weighted by molar-refractivity contribution is 5.77. The number of methoxy groups -OCH3 is 3. The first-order chi connectivity index (χ1) is 9.54. The van der Waals surface area contributed by atoms with Crippen LogP contribution in [-0.2, 0) is 19.0 Å². The number of nitrogens with zero attached hydrogens (tertiary/aromatic N) is 2. The lowest BCUT2D eigenvalue weighted by atomic mass is 10.2. The molecule has 0 spiro atoms. The number of fused-ring (bicyclic) bond motifs is 1. The lowest BCUT2D eigenvalue weighted by Crippen LogP contribution is -2.50. The summed E-state index contributed by atoms with van der Waals surface area (Å²) >= 11 is 0. The maximum atomic E-state index is 11.8. The van der Waals surface area contributed by atoms with Gasteiger partial charge in [-0.15, -0.1) is 0 Å². The average Bonchev–Trinajstić information content (AvgIpc) is 3.17. The Balaban J connectivity index is 2.17. The molecule has 0 N–H and O–H groups in total. The van der Waals surface area contributed by atoms with E-state index in [0.29, 0.717) is 0 Å². The van der Waals surface area contributed by atoms with E-state index < -0.39 is 12.2 Å². The van der Waals surface area contributed by atoms with Crippen LogP contribution in [0.15, 0.2) is 12.3 Å². The number of hydrazine groups is 1. The summed E-state index contributed by atoms with van der Waals surface area (Å²) in [6.07, 6.45) is 2.02. The minimum atomic E-state index is -0.700. The van der Waals surface area contributed by atoms with Crippen LogP contribution in [0, 0.1) is 11.8 Å². The normalized spacial score (nSPS) is 26.6. The van der Waals surface area contributed by atoms with Crippen molar-refractivity contribution < 1.29 is 28.6 Å². The van der Waals surface area contributed by atoms with Crippen molar-refractivity contribution in [3.8, 4) is 0 Å². The van der Waals surface area contributed by atoms with Crippen molar-refractivity contribution in [2.24, 2.45) is 11.8 Å². The van der Waals surface area contributed by atoms with Crippen molar-refractivity contribution in [1.82, 2.24) is 10.0 Å². The Morgan fingerprint density at radius 1 is 1.05 bits per heavy atom. The van der Waals surface area contributed by atoms with Crippen LogP contribution >= 0.6 is 0 Å². The predicted octanol–water partition coefficient (Wildman–Crippen LogP) is 0.743. The first-order valence-corrected chi connectivity index (χ1v) is 6.04. The van der Waals surface area contributed by atoms with Crippen LogP contribution in [0.1, 0.15) is 6.42 Å². The Hall–Kier alpha value is -2.25. The zero-order valence-electron chi connectivity index (χ0n) is 11.4. The summed E-state index contributed by atoms with van der Waals surface area (Å²) in [7, 11) is 3.75. The van der Waals surface area contributed by atoms with Crippen molar-refractivity contribution in [2.75, 3.05) is 21.3 Å². The molecular weight excluding hydrogens is 268 g/mol. The number of ether oxygens (including phenoxy) is 3. The van der Waals surface area contributed by atoms with Crippen LogP contribution in [0.4, 0.5) is 9.59 Å².